The highest BCUT2D eigenvalue weighted by Crippen LogP contribution is 2.43. The number of phenols is 1. The number of nitrogens with zero attached hydrogens (tertiary/aromatic N) is 6. The highest BCUT2D eigenvalue weighted by Gasteiger charge is 2.50. The van der Waals surface area contributed by atoms with Crippen molar-refractivity contribution in [2.24, 2.45) is 0 Å². The van der Waals surface area contributed by atoms with E-state index in [9.17, 15) is 28.7 Å². The molecule has 8 rings (SSSR count). The second-order valence-corrected chi connectivity index (χ2v) is 21.5. The largest absolute Gasteiger partial charge is 0.508 e. The van der Waals surface area contributed by atoms with E-state index in [1.54, 1.807) is 0 Å². The maximum absolute atomic E-state index is 17.3. The van der Waals surface area contributed by atoms with Crippen LogP contribution in [0.5, 0.6) is 11.8 Å². The monoisotopic (exact) mass is 1070 g/mol. The first kappa shape index (κ1) is 57.0. The number of hydrogen-bond donors (Lipinski definition) is 1. The Bertz CT molecular complexity index is 2730. The topological polar surface area (TPSA) is 174 Å². The molecule has 1 amide bonds. The number of unbranched alkanes of at least 4 members (excludes halogenated alkanes) is 10. The Morgan fingerprint density at radius 2 is 1.48 bits per heavy atom. The number of terminal acetylenes is 1. The zero-order chi connectivity index (χ0) is 54.5. The molecule has 0 radical (unpaired) electrons. The standard InChI is InChI=1S/C59H75F3N6O9/c1-4-7-9-11-13-15-20-50(71)74-36-44(37-75-51(72)21-16-14-12-10-8-5-2)77-52(73)22-17-19-49(70)68-41-24-25-42(68)35-66(34-41)57-47-32-63-55(46-30-43(69)29-39-23-26-48(61)45(6-3)53(39)46)54(62)56(47)64-58(65-57)76-38-59-27-18-28-67(59)33-40(60)31-59/h3,23,26,29-30,32,40-42,44,69H,4-5,7-22,24-25,27-28,31,33-38H2,1-2H3/t40-,41?,42?,59+/m1/s1. The number of carbonyl (C=O) groups is 4. The Balaban J connectivity index is 0.935. The number of phenolic OH excluding ortho intramolecular Hbond substituents is 1. The summed E-state index contributed by atoms with van der Waals surface area (Å²) >= 11 is 0. The molecular weight excluding hydrogens is 994 g/mol. The Morgan fingerprint density at radius 3 is 2.14 bits per heavy atom. The molecule has 0 saturated carbocycles. The van der Waals surface area contributed by atoms with E-state index < -0.39 is 47.4 Å². The van der Waals surface area contributed by atoms with Gasteiger partial charge < -0.3 is 33.9 Å². The van der Waals surface area contributed by atoms with Gasteiger partial charge in [0.05, 0.1) is 16.5 Å². The van der Waals surface area contributed by atoms with Gasteiger partial charge in [0.15, 0.2) is 11.9 Å². The van der Waals surface area contributed by atoms with Gasteiger partial charge in [0, 0.05) is 81.0 Å². The van der Waals surface area contributed by atoms with Gasteiger partial charge in [-0.1, -0.05) is 90.0 Å². The van der Waals surface area contributed by atoms with Crippen molar-refractivity contribution in [1.29, 1.82) is 0 Å². The molecule has 4 aliphatic rings. The maximum Gasteiger partial charge on any atom is 0.319 e. The van der Waals surface area contributed by atoms with Crippen molar-refractivity contribution in [3.63, 3.8) is 0 Å². The molecule has 4 atom stereocenters. The van der Waals surface area contributed by atoms with Crippen molar-refractivity contribution in [2.45, 2.75) is 185 Å². The van der Waals surface area contributed by atoms with Gasteiger partial charge in [-0.15, -0.1) is 6.42 Å². The van der Waals surface area contributed by atoms with Crippen LogP contribution < -0.4 is 9.64 Å². The first-order valence-electron chi connectivity index (χ1n) is 28.2. The normalized spacial score (nSPS) is 20.0. The number of rotatable bonds is 28. The van der Waals surface area contributed by atoms with Crippen LogP contribution in [0.1, 0.15) is 161 Å². The van der Waals surface area contributed by atoms with Gasteiger partial charge in [-0.2, -0.15) is 9.97 Å². The lowest BCUT2D eigenvalue weighted by atomic mass is 9.95. The van der Waals surface area contributed by atoms with Crippen LogP contribution in [0.15, 0.2) is 30.5 Å². The summed E-state index contributed by atoms with van der Waals surface area (Å²) in [7, 11) is 0. The summed E-state index contributed by atoms with van der Waals surface area (Å²) in [6.45, 7) is 5.59. The fourth-order valence-electron chi connectivity index (χ4n) is 11.9. The molecule has 15 nitrogen and oxygen atoms in total. The smallest absolute Gasteiger partial charge is 0.319 e. The van der Waals surface area contributed by atoms with Gasteiger partial charge in [0.2, 0.25) is 5.91 Å². The molecule has 2 bridgehead atoms. The van der Waals surface area contributed by atoms with Crippen molar-refractivity contribution >= 4 is 51.3 Å². The molecule has 0 spiro atoms. The van der Waals surface area contributed by atoms with Crippen LogP contribution in [0.3, 0.4) is 0 Å². The number of aromatic nitrogens is 3. The number of hydrogen-bond acceptors (Lipinski definition) is 14. The summed E-state index contributed by atoms with van der Waals surface area (Å²) in [5.41, 5.74) is -0.979. The van der Waals surface area contributed by atoms with Crippen molar-refractivity contribution in [3.05, 3.63) is 47.7 Å². The van der Waals surface area contributed by atoms with Crippen LogP contribution in [-0.4, -0.2) is 130 Å². The molecule has 4 fully saturated rings. The highest BCUT2D eigenvalue weighted by atomic mass is 19.1. The van der Waals surface area contributed by atoms with Crippen LogP contribution in [-0.2, 0) is 33.4 Å². The Morgan fingerprint density at radius 1 is 0.831 bits per heavy atom. The number of amides is 1. The summed E-state index contributed by atoms with van der Waals surface area (Å²) < 4.78 is 70.3. The predicted octanol–water partition coefficient (Wildman–Crippen LogP) is 10.6. The molecule has 2 aromatic heterocycles. The molecule has 18 heteroatoms. The third-order valence-electron chi connectivity index (χ3n) is 15.8. The summed E-state index contributed by atoms with van der Waals surface area (Å²) in [5.74, 6) is -0.643. The number of ether oxygens (including phenoxy) is 4. The minimum Gasteiger partial charge on any atom is -0.508 e. The van der Waals surface area contributed by atoms with Gasteiger partial charge in [0.25, 0.3) is 0 Å². The second kappa shape index (κ2) is 26.9. The van der Waals surface area contributed by atoms with E-state index in [1.165, 1.54) is 30.5 Å². The van der Waals surface area contributed by atoms with Crippen LogP contribution >= 0.6 is 0 Å². The number of carbonyl (C=O) groups excluding carboxylic acids is 4. The molecule has 1 N–H and O–H groups in total. The summed E-state index contributed by atoms with van der Waals surface area (Å²) in [4.78, 5) is 72.5. The first-order valence-corrected chi connectivity index (χ1v) is 28.2. The Labute approximate surface area is 449 Å². The molecule has 2 aromatic carbocycles. The van der Waals surface area contributed by atoms with Crippen LogP contribution in [0.4, 0.5) is 19.0 Å². The number of esters is 3. The third kappa shape index (κ3) is 14.1. The van der Waals surface area contributed by atoms with E-state index in [0.717, 1.165) is 83.6 Å². The fourth-order valence-corrected chi connectivity index (χ4v) is 11.9. The van der Waals surface area contributed by atoms with Crippen molar-refractivity contribution in [1.82, 2.24) is 24.8 Å². The van der Waals surface area contributed by atoms with Gasteiger partial charge >= 0.3 is 23.9 Å². The second-order valence-electron chi connectivity index (χ2n) is 21.5. The average molecular weight is 1070 g/mol. The van der Waals surface area contributed by atoms with Crippen LogP contribution in [0.2, 0.25) is 0 Å². The number of benzene rings is 2. The van der Waals surface area contributed by atoms with E-state index >= 15 is 8.78 Å². The van der Waals surface area contributed by atoms with Gasteiger partial charge in [-0.25, -0.2) is 13.2 Å². The minimum atomic E-state index is -1.01. The van der Waals surface area contributed by atoms with E-state index in [2.05, 4.69) is 34.6 Å². The molecule has 4 saturated heterocycles. The summed E-state index contributed by atoms with van der Waals surface area (Å²) in [5, 5.41) is 11.6. The van der Waals surface area contributed by atoms with Gasteiger partial charge in [0.1, 0.15) is 54.6 Å². The lowest BCUT2D eigenvalue weighted by Gasteiger charge is -2.42. The average Bonchev–Trinajstić information content (AvgIpc) is 4.10. The van der Waals surface area contributed by atoms with E-state index in [-0.39, 0.29) is 115 Å². The van der Waals surface area contributed by atoms with Gasteiger partial charge in [-0.3, -0.25) is 29.1 Å². The fraction of sp³-hybridized carbons (Fsp3) is 0.610. The maximum atomic E-state index is 17.3. The molecule has 0 aliphatic carbocycles. The van der Waals surface area contributed by atoms with Crippen molar-refractivity contribution in [2.75, 3.05) is 50.9 Å². The molecule has 6 heterocycles. The molecule has 4 aromatic rings. The number of alkyl halides is 1. The molecular formula is C59H75F3N6O9. The predicted molar refractivity (Wildman–Crippen MR) is 286 cm³/mol. The SMILES string of the molecule is C#Cc1c(F)ccc2cc(O)cc(-c3ncc4c(N5CC6CCC(C5)N6C(=O)CCCC(=O)OC(COC(=O)CCCCCCCC)COC(=O)CCCCCCCC)nc(OC[C@@]56CCCN5C[C@H](F)C6)nc4c3F)c12. The summed E-state index contributed by atoms with van der Waals surface area (Å²) in [6, 6.07) is 4.70. The number of piperazine rings is 1. The minimum absolute atomic E-state index is 0.0624. The van der Waals surface area contributed by atoms with E-state index in [0.29, 0.717) is 62.9 Å². The van der Waals surface area contributed by atoms with Crippen molar-refractivity contribution < 1.29 is 56.4 Å². The van der Waals surface area contributed by atoms with E-state index in [4.69, 9.17) is 30.4 Å². The van der Waals surface area contributed by atoms with Gasteiger partial charge in [-0.05, 0) is 75.1 Å². The quantitative estimate of drug-likeness (QED) is 0.0246. The summed E-state index contributed by atoms with van der Waals surface area (Å²) in [6.07, 6.45) is 21.3. The number of anilines is 1. The zero-order valence-electron chi connectivity index (χ0n) is 44.8. The molecule has 4 aliphatic heterocycles. The highest BCUT2D eigenvalue weighted by molar-refractivity contribution is 6.03. The zero-order valence-corrected chi connectivity index (χ0v) is 44.8. The van der Waals surface area contributed by atoms with Crippen LogP contribution in [0.25, 0.3) is 32.9 Å². The number of aromatic hydroxyl groups is 1. The molecule has 77 heavy (non-hydrogen) atoms. The lowest BCUT2D eigenvalue weighted by Crippen LogP contribution is -2.56. The van der Waals surface area contributed by atoms with Crippen LogP contribution in [0, 0.1) is 24.0 Å². The van der Waals surface area contributed by atoms with E-state index in [1.807, 2.05) is 9.80 Å². The Kier molecular flexibility index (Phi) is 19.9. The number of halogens is 3. The first-order chi connectivity index (χ1) is 37.3. The Hall–Kier alpha value is -6.22. The van der Waals surface area contributed by atoms with Crippen molar-refractivity contribution in [3.8, 4) is 35.4 Å². The number of pyridine rings is 1. The third-order valence-corrected chi connectivity index (χ3v) is 15.8. The molecule has 416 valence electrons. The lowest BCUT2D eigenvalue weighted by molar-refractivity contribution is -0.167. The number of fused-ring (bicyclic) bond motifs is 5. The molecule has 2 unspecified atom stereocenters.